The molecule has 1 aromatic rings. The summed E-state index contributed by atoms with van der Waals surface area (Å²) in [6.45, 7) is 3.76. The second-order valence-corrected chi connectivity index (χ2v) is 7.12. The Kier molecular flexibility index (Phi) is 2.95. The predicted octanol–water partition coefficient (Wildman–Crippen LogP) is 2.93. The number of piperidine rings is 2. The van der Waals surface area contributed by atoms with E-state index in [9.17, 15) is 4.79 Å². The van der Waals surface area contributed by atoms with E-state index in [1.807, 2.05) is 18.2 Å². The molecule has 0 aromatic heterocycles. The van der Waals surface area contributed by atoms with Crippen molar-refractivity contribution >= 4 is 17.4 Å². The van der Waals surface area contributed by atoms with Crippen LogP contribution in [0.4, 0.5) is 5.69 Å². The first-order valence-corrected chi connectivity index (χ1v) is 8.28. The molecule has 0 amide bonds. The molecule has 3 aliphatic heterocycles. The standard InChI is InChI=1S/C18H23N2O2/c1-13(21)22-18-10-12-20(2)11-6-5-9-16(20)17(18)19-15-8-4-3-7-14(15)18/h3-4,7-8,16H,5-6,9-12H2,1-2H3/q+1. The van der Waals surface area contributed by atoms with Crippen LogP contribution in [-0.4, -0.2) is 42.3 Å². The second kappa shape index (κ2) is 4.66. The number of hydrogen-bond donors (Lipinski definition) is 0. The highest BCUT2D eigenvalue weighted by Crippen LogP contribution is 2.50. The minimum atomic E-state index is -0.609. The highest BCUT2D eigenvalue weighted by atomic mass is 16.6. The number of esters is 1. The molecule has 116 valence electrons. The molecule has 1 aromatic carbocycles. The Morgan fingerprint density at radius 3 is 2.95 bits per heavy atom. The lowest BCUT2D eigenvalue weighted by Gasteiger charge is -2.52. The van der Waals surface area contributed by atoms with E-state index in [2.05, 4.69) is 13.1 Å². The van der Waals surface area contributed by atoms with Crippen molar-refractivity contribution < 1.29 is 14.0 Å². The van der Waals surface area contributed by atoms with E-state index in [0.717, 1.165) is 40.8 Å². The second-order valence-electron chi connectivity index (χ2n) is 7.12. The molecule has 4 rings (SSSR count). The fraction of sp³-hybridized carbons (Fsp3) is 0.556. The maximum absolute atomic E-state index is 11.8. The van der Waals surface area contributed by atoms with Crippen molar-refractivity contribution in [3.05, 3.63) is 29.8 Å². The summed E-state index contributed by atoms with van der Waals surface area (Å²) in [7, 11) is 2.34. The van der Waals surface area contributed by atoms with Crippen molar-refractivity contribution in [2.24, 2.45) is 4.99 Å². The van der Waals surface area contributed by atoms with E-state index < -0.39 is 5.60 Å². The van der Waals surface area contributed by atoms with Crippen molar-refractivity contribution in [3.63, 3.8) is 0 Å². The van der Waals surface area contributed by atoms with Gasteiger partial charge in [-0.05, 0) is 18.9 Å². The third kappa shape index (κ3) is 1.80. The Hall–Kier alpha value is -1.68. The molecular formula is C18H23N2O2+. The monoisotopic (exact) mass is 299 g/mol. The normalized spacial score (nSPS) is 35.9. The first-order valence-electron chi connectivity index (χ1n) is 8.28. The van der Waals surface area contributed by atoms with E-state index in [0.29, 0.717) is 6.04 Å². The van der Waals surface area contributed by atoms with Crippen LogP contribution in [0.2, 0.25) is 0 Å². The number of rotatable bonds is 1. The van der Waals surface area contributed by atoms with Crippen LogP contribution in [0.1, 0.15) is 38.2 Å². The number of nitrogens with zero attached hydrogens (tertiary/aromatic N) is 2. The van der Waals surface area contributed by atoms with Gasteiger partial charge < -0.3 is 9.22 Å². The SMILES string of the molecule is CC(=O)OC12CC[N+]3(C)CCCCC3C1=Nc1ccccc12. The summed E-state index contributed by atoms with van der Waals surface area (Å²) >= 11 is 0. The van der Waals surface area contributed by atoms with Crippen LogP contribution in [0.15, 0.2) is 29.3 Å². The average Bonchev–Trinajstić information content (AvgIpc) is 2.81. The molecule has 3 heterocycles. The fourth-order valence-corrected chi connectivity index (χ4v) is 4.67. The molecule has 0 N–H and O–H groups in total. The van der Waals surface area contributed by atoms with Crippen LogP contribution >= 0.6 is 0 Å². The Labute approximate surface area is 131 Å². The first-order chi connectivity index (χ1) is 10.6. The minimum Gasteiger partial charge on any atom is -0.448 e. The van der Waals surface area contributed by atoms with Crippen LogP contribution in [0.3, 0.4) is 0 Å². The van der Waals surface area contributed by atoms with Crippen molar-refractivity contribution in [2.45, 2.75) is 44.2 Å². The molecule has 0 spiro atoms. The number of hydrogen-bond acceptors (Lipinski definition) is 3. The van der Waals surface area contributed by atoms with Crippen molar-refractivity contribution in [1.29, 1.82) is 0 Å². The highest BCUT2D eigenvalue weighted by molar-refractivity contribution is 6.04. The Morgan fingerprint density at radius 2 is 2.14 bits per heavy atom. The van der Waals surface area contributed by atoms with Gasteiger partial charge >= 0.3 is 5.97 Å². The van der Waals surface area contributed by atoms with Gasteiger partial charge in [-0.2, -0.15) is 0 Å². The van der Waals surface area contributed by atoms with Crippen LogP contribution in [0.5, 0.6) is 0 Å². The van der Waals surface area contributed by atoms with Gasteiger partial charge in [0.25, 0.3) is 0 Å². The van der Waals surface area contributed by atoms with E-state index >= 15 is 0 Å². The zero-order valence-electron chi connectivity index (χ0n) is 13.3. The van der Waals surface area contributed by atoms with Gasteiger partial charge in [0.1, 0.15) is 11.8 Å². The zero-order chi connectivity index (χ0) is 15.4. The van der Waals surface area contributed by atoms with Crippen molar-refractivity contribution in [2.75, 3.05) is 20.1 Å². The molecule has 0 radical (unpaired) electrons. The summed E-state index contributed by atoms with van der Waals surface area (Å²) in [4.78, 5) is 16.8. The maximum atomic E-state index is 11.8. The van der Waals surface area contributed by atoms with Crippen LogP contribution in [0.25, 0.3) is 0 Å². The van der Waals surface area contributed by atoms with Gasteiger partial charge in [-0.25, -0.2) is 4.99 Å². The summed E-state index contributed by atoms with van der Waals surface area (Å²) in [6, 6.07) is 8.53. The Balaban J connectivity index is 1.86. The lowest BCUT2D eigenvalue weighted by Crippen LogP contribution is -2.67. The number of ether oxygens (including phenoxy) is 1. The van der Waals surface area contributed by atoms with E-state index in [1.54, 1.807) is 0 Å². The molecule has 4 nitrogen and oxygen atoms in total. The molecule has 3 unspecified atom stereocenters. The highest BCUT2D eigenvalue weighted by Gasteiger charge is 2.59. The van der Waals surface area contributed by atoms with Gasteiger partial charge in [-0.3, -0.25) is 4.79 Å². The summed E-state index contributed by atoms with van der Waals surface area (Å²) in [5.74, 6) is -0.212. The van der Waals surface area contributed by atoms with E-state index in [-0.39, 0.29) is 5.97 Å². The number of carbonyl (C=O) groups is 1. The number of benzene rings is 1. The molecule has 0 aliphatic carbocycles. The molecule has 22 heavy (non-hydrogen) atoms. The number of aliphatic imine (C=N–C) groups is 1. The molecule has 0 bridgehead atoms. The molecule has 3 aliphatic rings. The molecule has 3 atom stereocenters. The predicted molar refractivity (Wildman–Crippen MR) is 85.2 cm³/mol. The zero-order valence-corrected chi connectivity index (χ0v) is 13.3. The first kappa shape index (κ1) is 13.9. The Bertz CT molecular complexity index is 669. The summed E-state index contributed by atoms with van der Waals surface area (Å²) in [5, 5.41) is 0. The largest absolute Gasteiger partial charge is 0.448 e. The maximum Gasteiger partial charge on any atom is 0.303 e. The molecule has 2 fully saturated rings. The van der Waals surface area contributed by atoms with E-state index in [1.165, 1.54) is 26.3 Å². The van der Waals surface area contributed by atoms with Gasteiger partial charge in [-0.15, -0.1) is 0 Å². The number of quaternary nitrogens is 1. The lowest BCUT2D eigenvalue weighted by atomic mass is 9.76. The lowest BCUT2D eigenvalue weighted by molar-refractivity contribution is -0.932. The third-order valence-corrected chi connectivity index (χ3v) is 5.75. The fourth-order valence-electron chi connectivity index (χ4n) is 4.67. The number of para-hydroxylation sites is 1. The van der Waals surface area contributed by atoms with Crippen LogP contribution in [-0.2, 0) is 15.1 Å². The van der Waals surface area contributed by atoms with Crippen LogP contribution in [0, 0.1) is 0 Å². The Morgan fingerprint density at radius 1 is 1.32 bits per heavy atom. The topological polar surface area (TPSA) is 38.7 Å². The van der Waals surface area contributed by atoms with Crippen LogP contribution < -0.4 is 0 Å². The van der Waals surface area contributed by atoms with Gasteiger partial charge in [0.2, 0.25) is 0 Å². The summed E-state index contributed by atoms with van der Waals surface area (Å²) < 4.78 is 6.99. The molecule has 4 heteroatoms. The summed E-state index contributed by atoms with van der Waals surface area (Å²) in [6.07, 6.45) is 4.51. The smallest absolute Gasteiger partial charge is 0.303 e. The van der Waals surface area contributed by atoms with Gasteiger partial charge in [0.05, 0.1) is 25.8 Å². The van der Waals surface area contributed by atoms with E-state index in [4.69, 9.17) is 9.73 Å². The average molecular weight is 299 g/mol. The number of carbonyl (C=O) groups excluding carboxylic acids is 1. The molecular weight excluding hydrogens is 276 g/mol. The summed E-state index contributed by atoms with van der Waals surface area (Å²) in [5.41, 5.74) is 2.55. The third-order valence-electron chi connectivity index (χ3n) is 5.75. The van der Waals surface area contributed by atoms with Crippen molar-refractivity contribution in [1.82, 2.24) is 0 Å². The molecule has 2 saturated heterocycles. The van der Waals surface area contributed by atoms with Gasteiger partial charge in [0.15, 0.2) is 5.60 Å². The minimum absolute atomic E-state index is 0.212. The van der Waals surface area contributed by atoms with Gasteiger partial charge in [0, 0.05) is 25.3 Å². The molecule has 0 saturated carbocycles. The quantitative estimate of drug-likeness (QED) is 0.591. The van der Waals surface area contributed by atoms with Crippen molar-refractivity contribution in [3.8, 4) is 0 Å². The number of fused-ring (bicyclic) bond motifs is 5. The van der Waals surface area contributed by atoms with Gasteiger partial charge in [-0.1, -0.05) is 18.2 Å².